The minimum Gasteiger partial charge on any atom is -0.317 e. The zero-order chi connectivity index (χ0) is 14.1. The van der Waals surface area contributed by atoms with Crippen molar-refractivity contribution < 1.29 is 8.42 Å². The Hall–Kier alpha value is -0.920. The largest absolute Gasteiger partial charge is 0.317 e. The van der Waals surface area contributed by atoms with Gasteiger partial charge in [-0.25, -0.2) is 13.1 Å². The predicted molar refractivity (Wildman–Crippen MR) is 76.5 cm³/mol. The predicted octanol–water partition coefficient (Wildman–Crippen LogP) is 0.272. The second-order valence-electron chi connectivity index (χ2n) is 4.47. The number of sulfonamides is 1. The maximum absolute atomic E-state index is 11.7. The van der Waals surface area contributed by atoms with Crippen molar-refractivity contribution in [2.45, 2.75) is 26.2 Å². The monoisotopic (exact) mass is 288 g/mol. The number of aromatic nitrogens is 2. The number of hydrogen-bond acceptors (Lipinski definition) is 4. The smallest absolute Gasteiger partial charge is 0.211 e. The first kappa shape index (κ1) is 16.1. The fraction of sp³-hybridized carbons (Fsp3) is 0.750. The van der Waals surface area contributed by atoms with Crippen LogP contribution in [0.25, 0.3) is 0 Å². The van der Waals surface area contributed by atoms with E-state index in [1.807, 2.05) is 20.0 Å². The highest BCUT2D eigenvalue weighted by Gasteiger charge is 2.09. The Morgan fingerprint density at radius 1 is 1.32 bits per heavy atom. The van der Waals surface area contributed by atoms with Crippen LogP contribution in [0.2, 0.25) is 0 Å². The number of rotatable bonds is 10. The summed E-state index contributed by atoms with van der Waals surface area (Å²) in [6.45, 7) is 4.27. The maximum Gasteiger partial charge on any atom is 0.211 e. The zero-order valence-corrected chi connectivity index (χ0v) is 12.5. The molecule has 1 aromatic heterocycles. The molecule has 1 aromatic rings. The van der Waals surface area contributed by atoms with Gasteiger partial charge in [0.05, 0.1) is 5.75 Å². The Morgan fingerprint density at radius 3 is 2.74 bits per heavy atom. The molecule has 1 rings (SSSR count). The SMILES string of the molecule is CCNCCCCS(=O)(=O)NCCc1ccnn1C. The quantitative estimate of drug-likeness (QED) is 0.606. The highest BCUT2D eigenvalue weighted by atomic mass is 32.2. The molecule has 0 fully saturated rings. The number of aryl methyl sites for hydroxylation is 1. The van der Waals surface area contributed by atoms with E-state index in [0.717, 1.165) is 25.2 Å². The van der Waals surface area contributed by atoms with E-state index < -0.39 is 10.0 Å². The van der Waals surface area contributed by atoms with Crippen LogP contribution in [-0.4, -0.2) is 43.6 Å². The van der Waals surface area contributed by atoms with Crippen molar-refractivity contribution in [3.63, 3.8) is 0 Å². The molecule has 0 aromatic carbocycles. The molecule has 19 heavy (non-hydrogen) atoms. The van der Waals surface area contributed by atoms with Gasteiger partial charge in [0.2, 0.25) is 10.0 Å². The van der Waals surface area contributed by atoms with Gasteiger partial charge in [-0.15, -0.1) is 0 Å². The normalized spacial score (nSPS) is 11.9. The first-order valence-corrected chi connectivity index (χ1v) is 8.35. The van der Waals surface area contributed by atoms with Crippen molar-refractivity contribution in [1.29, 1.82) is 0 Å². The van der Waals surface area contributed by atoms with E-state index in [-0.39, 0.29) is 5.75 Å². The van der Waals surface area contributed by atoms with Crippen molar-refractivity contribution in [3.8, 4) is 0 Å². The van der Waals surface area contributed by atoms with Gasteiger partial charge >= 0.3 is 0 Å². The van der Waals surface area contributed by atoms with Crippen molar-refractivity contribution >= 4 is 10.0 Å². The van der Waals surface area contributed by atoms with Gasteiger partial charge in [0.1, 0.15) is 0 Å². The van der Waals surface area contributed by atoms with E-state index in [1.54, 1.807) is 10.9 Å². The van der Waals surface area contributed by atoms with Crippen LogP contribution >= 0.6 is 0 Å². The van der Waals surface area contributed by atoms with Gasteiger partial charge in [-0.05, 0) is 32.0 Å². The van der Waals surface area contributed by atoms with Crippen LogP contribution in [0.4, 0.5) is 0 Å². The first-order chi connectivity index (χ1) is 9.05. The first-order valence-electron chi connectivity index (χ1n) is 6.70. The molecule has 0 bridgehead atoms. The van der Waals surface area contributed by atoms with Gasteiger partial charge < -0.3 is 5.32 Å². The summed E-state index contributed by atoms with van der Waals surface area (Å²) in [5, 5.41) is 7.22. The molecule has 7 heteroatoms. The van der Waals surface area contributed by atoms with Crippen molar-refractivity contribution in [3.05, 3.63) is 18.0 Å². The molecule has 0 atom stereocenters. The van der Waals surface area contributed by atoms with E-state index >= 15 is 0 Å². The van der Waals surface area contributed by atoms with Gasteiger partial charge in [-0.3, -0.25) is 4.68 Å². The Balaban J connectivity index is 2.18. The van der Waals surface area contributed by atoms with Gasteiger partial charge in [-0.1, -0.05) is 6.92 Å². The zero-order valence-electron chi connectivity index (χ0n) is 11.7. The van der Waals surface area contributed by atoms with Crippen LogP contribution in [0.1, 0.15) is 25.5 Å². The van der Waals surface area contributed by atoms with E-state index in [4.69, 9.17) is 0 Å². The Morgan fingerprint density at radius 2 is 2.11 bits per heavy atom. The topological polar surface area (TPSA) is 76.0 Å². The number of nitrogens with zero attached hydrogens (tertiary/aromatic N) is 2. The highest BCUT2D eigenvalue weighted by Crippen LogP contribution is 1.98. The molecule has 1 heterocycles. The lowest BCUT2D eigenvalue weighted by Gasteiger charge is -2.07. The second kappa shape index (κ2) is 8.29. The van der Waals surface area contributed by atoms with Crippen LogP contribution in [0.5, 0.6) is 0 Å². The van der Waals surface area contributed by atoms with Gasteiger partial charge in [0.25, 0.3) is 0 Å². The number of nitrogens with one attached hydrogen (secondary N) is 2. The van der Waals surface area contributed by atoms with Gasteiger partial charge in [0, 0.05) is 31.9 Å². The van der Waals surface area contributed by atoms with E-state index in [0.29, 0.717) is 19.4 Å². The third-order valence-electron chi connectivity index (χ3n) is 2.89. The minimum absolute atomic E-state index is 0.198. The van der Waals surface area contributed by atoms with Gasteiger partial charge in [0.15, 0.2) is 0 Å². The Kier molecular flexibility index (Phi) is 7.04. The molecule has 110 valence electrons. The molecule has 0 spiro atoms. The van der Waals surface area contributed by atoms with Crippen LogP contribution in [0.15, 0.2) is 12.3 Å². The second-order valence-corrected chi connectivity index (χ2v) is 6.40. The summed E-state index contributed by atoms with van der Waals surface area (Å²) in [5.41, 5.74) is 1.02. The standard InChI is InChI=1S/C12H24N4O2S/c1-3-13-8-4-5-11-19(17,18)15-10-7-12-6-9-14-16(12)2/h6,9,13,15H,3-5,7-8,10-11H2,1-2H3. The lowest BCUT2D eigenvalue weighted by molar-refractivity contribution is 0.573. The van der Waals surface area contributed by atoms with Crippen LogP contribution in [0, 0.1) is 0 Å². The van der Waals surface area contributed by atoms with E-state index in [1.165, 1.54) is 0 Å². The summed E-state index contributed by atoms with van der Waals surface area (Å²) in [6.07, 6.45) is 3.95. The molecular weight excluding hydrogens is 264 g/mol. The molecule has 0 amide bonds. The lowest BCUT2D eigenvalue weighted by Crippen LogP contribution is -2.29. The molecule has 0 unspecified atom stereocenters. The van der Waals surface area contributed by atoms with Crippen LogP contribution in [-0.2, 0) is 23.5 Å². The van der Waals surface area contributed by atoms with E-state index in [2.05, 4.69) is 15.1 Å². The lowest BCUT2D eigenvalue weighted by atomic mass is 10.3. The molecule has 6 nitrogen and oxygen atoms in total. The summed E-state index contributed by atoms with van der Waals surface area (Å²) >= 11 is 0. The van der Waals surface area contributed by atoms with Crippen molar-refractivity contribution in [2.24, 2.45) is 7.05 Å². The summed E-state index contributed by atoms with van der Waals surface area (Å²) in [6, 6.07) is 1.89. The summed E-state index contributed by atoms with van der Waals surface area (Å²) < 4.78 is 27.8. The number of hydrogen-bond donors (Lipinski definition) is 2. The van der Waals surface area contributed by atoms with Crippen molar-refractivity contribution in [1.82, 2.24) is 19.8 Å². The molecule has 0 aliphatic heterocycles. The summed E-state index contributed by atoms with van der Waals surface area (Å²) in [5.74, 6) is 0.198. The average molecular weight is 288 g/mol. The molecular formula is C12H24N4O2S. The molecule has 0 aliphatic rings. The number of unbranched alkanes of at least 4 members (excludes halogenated alkanes) is 1. The molecule has 0 saturated heterocycles. The molecule has 2 N–H and O–H groups in total. The van der Waals surface area contributed by atoms with Crippen LogP contribution < -0.4 is 10.0 Å². The maximum atomic E-state index is 11.7. The molecule has 0 radical (unpaired) electrons. The minimum atomic E-state index is -3.14. The third-order valence-corrected chi connectivity index (χ3v) is 4.36. The molecule has 0 aliphatic carbocycles. The highest BCUT2D eigenvalue weighted by molar-refractivity contribution is 7.89. The average Bonchev–Trinajstić information content (AvgIpc) is 2.75. The van der Waals surface area contributed by atoms with E-state index in [9.17, 15) is 8.42 Å². The van der Waals surface area contributed by atoms with Crippen molar-refractivity contribution in [2.75, 3.05) is 25.4 Å². The third kappa shape index (κ3) is 6.70. The summed E-state index contributed by atoms with van der Waals surface area (Å²) in [4.78, 5) is 0. The van der Waals surface area contributed by atoms with Gasteiger partial charge in [-0.2, -0.15) is 5.10 Å². The molecule has 0 saturated carbocycles. The fourth-order valence-electron chi connectivity index (χ4n) is 1.77. The Labute approximate surface area is 115 Å². The summed E-state index contributed by atoms with van der Waals surface area (Å²) in [7, 11) is -1.29. The fourth-order valence-corrected chi connectivity index (χ4v) is 2.91. The Bertz CT molecular complexity index is 456. The van der Waals surface area contributed by atoms with Crippen LogP contribution in [0.3, 0.4) is 0 Å².